The Bertz CT molecular complexity index is 1160. The van der Waals surface area contributed by atoms with Crippen LogP contribution in [-0.2, 0) is 23.1 Å². The molecule has 0 aliphatic rings. The molecule has 164 valence electrons. The van der Waals surface area contributed by atoms with Crippen LogP contribution in [0.15, 0.2) is 41.5 Å². The molecule has 2 aromatic rings. The van der Waals surface area contributed by atoms with Gasteiger partial charge in [0.25, 0.3) is 0 Å². The minimum Gasteiger partial charge on any atom is -0.326 e. The fraction of sp³-hybridized carbons (Fsp3) is 0.333. The molecule has 0 aliphatic carbocycles. The van der Waals surface area contributed by atoms with Gasteiger partial charge in [-0.05, 0) is 19.1 Å². The van der Waals surface area contributed by atoms with Gasteiger partial charge in [-0.15, -0.1) is 0 Å². The number of aromatic nitrogens is 3. The smallest absolute Gasteiger partial charge is 0.326 e. The van der Waals surface area contributed by atoms with Crippen LogP contribution in [0, 0.1) is 0 Å². The van der Waals surface area contributed by atoms with Crippen LogP contribution >= 0.6 is 0 Å². The molecule has 12 heteroatoms. The molecule has 0 aromatic carbocycles. The number of fused-ring (bicyclic) bond motifs is 1. The molecule has 2 rings (SSSR count). The van der Waals surface area contributed by atoms with Gasteiger partial charge in [-0.2, -0.15) is 26.3 Å². The van der Waals surface area contributed by atoms with Gasteiger partial charge >= 0.3 is 12.4 Å². The lowest BCUT2D eigenvalue weighted by Gasteiger charge is -2.14. The first kappa shape index (κ1) is 23.6. The molecule has 0 spiro atoms. The van der Waals surface area contributed by atoms with Crippen LogP contribution in [0.2, 0.25) is 0 Å². The average Bonchev–Trinajstić information content (AvgIpc) is 2.96. The molecule has 0 radical (unpaired) electrons. The summed E-state index contributed by atoms with van der Waals surface area (Å²) in [7, 11) is -2.82. The summed E-state index contributed by atoms with van der Waals surface area (Å²) >= 11 is 0. The zero-order valence-corrected chi connectivity index (χ0v) is 16.9. The molecular formula is C18H17F6N3O2S. The highest BCUT2D eigenvalue weighted by atomic mass is 32.2. The Kier molecular flexibility index (Phi) is 6.22. The van der Waals surface area contributed by atoms with E-state index in [1.54, 1.807) is 0 Å². The lowest BCUT2D eigenvalue weighted by molar-refractivity contribution is -0.141. The highest BCUT2D eigenvalue weighted by Gasteiger charge is 2.35. The number of alkyl halides is 6. The summed E-state index contributed by atoms with van der Waals surface area (Å²) in [5.74, 6) is -0.719. The molecule has 0 atom stereocenters. The molecule has 0 saturated carbocycles. The highest BCUT2D eigenvalue weighted by Crippen LogP contribution is 2.34. The Morgan fingerprint density at radius 3 is 2.30 bits per heavy atom. The third-order valence-electron chi connectivity index (χ3n) is 4.27. The maximum absolute atomic E-state index is 13.2. The van der Waals surface area contributed by atoms with Crippen molar-refractivity contribution in [3.05, 3.63) is 53.0 Å². The van der Waals surface area contributed by atoms with Crippen molar-refractivity contribution in [3.8, 4) is 0 Å². The van der Waals surface area contributed by atoms with E-state index in [0.29, 0.717) is 18.2 Å². The van der Waals surface area contributed by atoms with Crippen LogP contribution < -0.4 is 0 Å². The standard InChI is InChI=1S/C18H17F6N3O2S/c1-5-11(17(19,20)21)7-14(30(28,29)6-2)10(3)16-26-12-8-15(18(22,23)24)25-9-13(12)27(16)4/h5,7-9H,3,6H2,1-2,4H3/b11-5+,14-7+. The molecule has 0 aliphatic heterocycles. The summed E-state index contributed by atoms with van der Waals surface area (Å²) < 4.78 is 104. The summed E-state index contributed by atoms with van der Waals surface area (Å²) in [5, 5.41) is 0. The molecule has 0 bridgehead atoms. The summed E-state index contributed by atoms with van der Waals surface area (Å²) in [6, 6.07) is 0.664. The van der Waals surface area contributed by atoms with Crippen molar-refractivity contribution < 1.29 is 34.8 Å². The molecule has 2 aromatic heterocycles. The van der Waals surface area contributed by atoms with Gasteiger partial charge in [-0.1, -0.05) is 19.6 Å². The molecule has 30 heavy (non-hydrogen) atoms. The van der Waals surface area contributed by atoms with Crippen molar-refractivity contribution in [1.29, 1.82) is 0 Å². The molecular weight excluding hydrogens is 436 g/mol. The predicted octanol–water partition coefficient (Wildman–Crippen LogP) is 4.83. The summed E-state index contributed by atoms with van der Waals surface area (Å²) in [4.78, 5) is 6.55. The Balaban J connectivity index is 2.72. The van der Waals surface area contributed by atoms with Crippen LogP contribution in [0.25, 0.3) is 16.6 Å². The molecule has 0 unspecified atom stereocenters. The molecule has 0 amide bonds. The van der Waals surface area contributed by atoms with Crippen molar-refractivity contribution in [2.75, 3.05) is 5.75 Å². The molecule has 0 fully saturated rings. The van der Waals surface area contributed by atoms with Gasteiger partial charge in [0.1, 0.15) is 11.5 Å². The van der Waals surface area contributed by atoms with E-state index in [1.807, 2.05) is 0 Å². The van der Waals surface area contributed by atoms with Crippen molar-refractivity contribution >= 4 is 26.4 Å². The number of imidazole rings is 1. The number of hydrogen-bond donors (Lipinski definition) is 0. The van der Waals surface area contributed by atoms with E-state index in [2.05, 4.69) is 16.5 Å². The topological polar surface area (TPSA) is 64.8 Å². The van der Waals surface area contributed by atoms with Crippen molar-refractivity contribution in [3.63, 3.8) is 0 Å². The van der Waals surface area contributed by atoms with Crippen LogP contribution in [-0.4, -0.2) is 34.9 Å². The first-order valence-electron chi connectivity index (χ1n) is 8.40. The average molecular weight is 453 g/mol. The first-order chi connectivity index (χ1) is 13.6. The van der Waals surface area contributed by atoms with E-state index in [0.717, 1.165) is 13.1 Å². The van der Waals surface area contributed by atoms with E-state index >= 15 is 0 Å². The summed E-state index contributed by atoms with van der Waals surface area (Å²) in [5.41, 5.74) is -2.85. The molecule has 5 nitrogen and oxygen atoms in total. The van der Waals surface area contributed by atoms with E-state index in [4.69, 9.17) is 0 Å². The predicted molar refractivity (Wildman–Crippen MR) is 99.9 cm³/mol. The summed E-state index contributed by atoms with van der Waals surface area (Å²) in [6.45, 7) is 5.91. The molecule has 0 N–H and O–H groups in total. The number of rotatable bonds is 5. The van der Waals surface area contributed by atoms with Gasteiger partial charge in [0.15, 0.2) is 9.84 Å². The second-order valence-corrected chi connectivity index (χ2v) is 8.43. The van der Waals surface area contributed by atoms with E-state index < -0.39 is 44.1 Å². The minimum absolute atomic E-state index is 0.120. The lowest BCUT2D eigenvalue weighted by Crippen LogP contribution is -2.15. The number of nitrogens with zero attached hydrogens (tertiary/aromatic N) is 3. The number of allylic oxidation sites excluding steroid dienone is 4. The van der Waals surface area contributed by atoms with E-state index in [1.165, 1.54) is 18.5 Å². The van der Waals surface area contributed by atoms with Crippen LogP contribution in [0.5, 0.6) is 0 Å². The summed E-state index contributed by atoms with van der Waals surface area (Å²) in [6.07, 6.45) is -7.51. The minimum atomic E-state index is -4.82. The van der Waals surface area contributed by atoms with Crippen LogP contribution in [0.4, 0.5) is 26.3 Å². The second kappa shape index (κ2) is 7.89. The lowest BCUT2D eigenvalue weighted by atomic mass is 10.1. The first-order valence-corrected chi connectivity index (χ1v) is 10.1. The maximum Gasteiger partial charge on any atom is 0.433 e. The Hall–Kier alpha value is -2.63. The monoisotopic (exact) mass is 453 g/mol. The van der Waals surface area contributed by atoms with Crippen molar-refractivity contribution in [1.82, 2.24) is 14.5 Å². The van der Waals surface area contributed by atoms with E-state index in [-0.39, 0.29) is 22.4 Å². The second-order valence-electron chi connectivity index (χ2n) is 6.18. The number of sulfone groups is 1. The van der Waals surface area contributed by atoms with Gasteiger partial charge in [0, 0.05) is 12.6 Å². The molecule has 0 saturated heterocycles. The number of hydrogen-bond acceptors (Lipinski definition) is 4. The zero-order valence-electron chi connectivity index (χ0n) is 16.1. The van der Waals surface area contributed by atoms with Crippen LogP contribution in [0.1, 0.15) is 25.4 Å². The zero-order chi connectivity index (χ0) is 23.1. The third-order valence-corrected chi connectivity index (χ3v) is 6.06. The number of pyridine rings is 1. The van der Waals surface area contributed by atoms with Gasteiger partial charge < -0.3 is 4.57 Å². The fourth-order valence-corrected chi connectivity index (χ4v) is 3.70. The third kappa shape index (κ3) is 4.58. The van der Waals surface area contributed by atoms with Gasteiger partial charge in [-0.3, -0.25) is 0 Å². The van der Waals surface area contributed by atoms with Gasteiger partial charge in [-0.25, -0.2) is 18.4 Å². The van der Waals surface area contributed by atoms with Gasteiger partial charge in [0.2, 0.25) is 0 Å². The quantitative estimate of drug-likeness (QED) is 0.481. The van der Waals surface area contributed by atoms with E-state index in [9.17, 15) is 34.8 Å². The largest absolute Gasteiger partial charge is 0.433 e. The Labute approximate surface area is 168 Å². The number of aryl methyl sites for hydroxylation is 1. The normalized spacial score (nSPS) is 14.4. The fourth-order valence-electron chi connectivity index (χ4n) is 2.61. The number of halogens is 6. The highest BCUT2D eigenvalue weighted by molar-refractivity contribution is 7.95. The Morgan fingerprint density at radius 1 is 1.23 bits per heavy atom. The van der Waals surface area contributed by atoms with Crippen molar-refractivity contribution in [2.45, 2.75) is 26.2 Å². The van der Waals surface area contributed by atoms with Crippen LogP contribution in [0.3, 0.4) is 0 Å². The SMILES string of the molecule is C=C(/C(=C\C(=C/C)C(F)(F)F)S(=O)(=O)CC)c1nc2cc(C(F)(F)F)ncc2n1C. The van der Waals surface area contributed by atoms with Gasteiger partial charge in [0.05, 0.1) is 33.5 Å². The Morgan fingerprint density at radius 2 is 1.83 bits per heavy atom. The maximum atomic E-state index is 13.2. The molecule has 2 heterocycles. The van der Waals surface area contributed by atoms with Crippen molar-refractivity contribution in [2.24, 2.45) is 7.05 Å².